The van der Waals surface area contributed by atoms with E-state index in [0.717, 1.165) is 64.1 Å². The van der Waals surface area contributed by atoms with Crippen LogP contribution in [0.3, 0.4) is 0 Å². The summed E-state index contributed by atoms with van der Waals surface area (Å²) in [6.07, 6.45) is 5.27. The first-order valence-electron chi connectivity index (χ1n) is 16.9. The third-order valence-corrected chi connectivity index (χ3v) is 9.15. The molecule has 1 aromatic heterocycles. The standard InChI is InChI=1S/C36H49FN6O4/c1-5-16-41-17-19-42(20-18-41)21-22-46-32-13-12-29(24-31(32)37)39-35-38-15-14-33(40-35)43(25-28-10-7-11-30(23-28)45-4)36(44)47-34-26(2)8-6-9-27(34)3/h7,10-15,23-24,26-27,34H,5-6,8-9,16-22,25H2,1-4H3,(H,38,39,40). The predicted octanol–water partition coefficient (Wildman–Crippen LogP) is 6.74. The molecule has 254 valence electrons. The van der Waals surface area contributed by atoms with Gasteiger partial charge in [0.15, 0.2) is 11.6 Å². The number of ether oxygens (including phenoxy) is 3. The first kappa shape index (κ1) is 34.4. The molecule has 0 radical (unpaired) electrons. The highest BCUT2D eigenvalue weighted by Crippen LogP contribution is 2.32. The molecule has 2 atom stereocenters. The molecule has 1 aliphatic carbocycles. The molecule has 2 aliphatic rings. The van der Waals surface area contributed by atoms with Gasteiger partial charge < -0.3 is 24.4 Å². The van der Waals surface area contributed by atoms with Crippen LogP contribution in [0.1, 0.15) is 52.0 Å². The number of methoxy groups -OCH3 is 1. The minimum absolute atomic E-state index is 0.178. The summed E-state index contributed by atoms with van der Waals surface area (Å²) < 4.78 is 32.4. The quantitative estimate of drug-likeness (QED) is 0.216. The van der Waals surface area contributed by atoms with Gasteiger partial charge in [0.2, 0.25) is 5.95 Å². The third kappa shape index (κ3) is 9.54. The van der Waals surface area contributed by atoms with E-state index in [1.54, 1.807) is 31.5 Å². The summed E-state index contributed by atoms with van der Waals surface area (Å²) in [6.45, 7) is 13.1. The van der Waals surface area contributed by atoms with Crippen molar-refractivity contribution in [2.24, 2.45) is 11.8 Å². The molecule has 2 aromatic carbocycles. The second-order valence-corrected chi connectivity index (χ2v) is 12.7. The van der Waals surface area contributed by atoms with Gasteiger partial charge in [-0.2, -0.15) is 4.98 Å². The summed E-state index contributed by atoms with van der Waals surface area (Å²) in [5.41, 5.74) is 1.32. The molecule has 1 amide bonds. The third-order valence-electron chi connectivity index (χ3n) is 9.15. The zero-order valence-corrected chi connectivity index (χ0v) is 28.2. The first-order valence-corrected chi connectivity index (χ1v) is 16.9. The number of rotatable bonds is 13. The summed E-state index contributed by atoms with van der Waals surface area (Å²) in [5, 5.41) is 3.08. The fourth-order valence-electron chi connectivity index (χ4n) is 6.48. The number of anilines is 3. The molecule has 5 rings (SSSR count). The second kappa shape index (κ2) is 16.7. The maximum atomic E-state index is 15.1. The summed E-state index contributed by atoms with van der Waals surface area (Å²) in [6, 6.07) is 13.9. The number of aromatic nitrogens is 2. The van der Waals surface area contributed by atoms with Crippen molar-refractivity contribution in [3.05, 3.63) is 66.1 Å². The van der Waals surface area contributed by atoms with Crippen LogP contribution >= 0.6 is 0 Å². The monoisotopic (exact) mass is 648 g/mol. The van der Waals surface area contributed by atoms with Gasteiger partial charge in [0.05, 0.1) is 13.7 Å². The van der Waals surface area contributed by atoms with E-state index in [-0.39, 0.29) is 36.2 Å². The largest absolute Gasteiger partial charge is 0.497 e. The van der Waals surface area contributed by atoms with E-state index in [1.807, 2.05) is 24.3 Å². The molecule has 2 unspecified atom stereocenters. The van der Waals surface area contributed by atoms with E-state index in [9.17, 15) is 4.79 Å². The molecule has 1 aliphatic heterocycles. The number of carbonyl (C=O) groups is 1. The molecule has 2 fully saturated rings. The molecule has 1 saturated carbocycles. The minimum atomic E-state index is -0.474. The Labute approximate surface area is 278 Å². The highest BCUT2D eigenvalue weighted by Gasteiger charge is 2.33. The van der Waals surface area contributed by atoms with Crippen LogP contribution in [-0.2, 0) is 11.3 Å². The normalized spacial score (nSPS) is 20.4. The Hall–Kier alpha value is -3.96. The zero-order valence-electron chi connectivity index (χ0n) is 28.2. The van der Waals surface area contributed by atoms with Gasteiger partial charge in [-0.25, -0.2) is 14.2 Å². The van der Waals surface area contributed by atoms with Crippen molar-refractivity contribution in [2.45, 2.75) is 59.1 Å². The summed E-state index contributed by atoms with van der Waals surface area (Å²) in [4.78, 5) is 29.1. The molecule has 2 heterocycles. The maximum absolute atomic E-state index is 15.1. The highest BCUT2D eigenvalue weighted by atomic mass is 19.1. The Morgan fingerprint density at radius 1 is 1.02 bits per heavy atom. The molecular weight excluding hydrogens is 599 g/mol. The number of piperazine rings is 1. The van der Waals surface area contributed by atoms with E-state index in [4.69, 9.17) is 14.2 Å². The van der Waals surface area contributed by atoms with Crippen LogP contribution in [-0.4, -0.2) is 85.0 Å². The van der Waals surface area contributed by atoms with Crippen LogP contribution in [0.15, 0.2) is 54.7 Å². The lowest BCUT2D eigenvalue weighted by molar-refractivity contribution is 0.0131. The Balaban J connectivity index is 1.25. The van der Waals surface area contributed by atoms with Crippen molar-refractivity contribution in [1.29, 1.82) is 0 Å². The van der Waals surface area contributed by atoms with Crippen LogP contribution in [0.5, 0.6) is 11.5 Å². The molecule has 10 nitrogen and oxygen atoms in total. The van der Waals surface area contributed by atoms with E-state index < -0.39 is 11.9 Å². The molecular formula is C36H49FN6O4. The summed E-state index contributed by atoms with van der Waals surface area (Å²) >= 11 is 0. The number of halogens is 1. The van der Waals surface area contributed by atoms with Gasteiger partial charge in [0.25, 0.3) is 0 Å². The van der Waals surface area contributed by atoms with Gasteiger partial charge in [-0.3, -0.25) is 9.80 Å². The number of nitrogens with zero attached hydrogens (tertiary/aromatic N) is 5. The Bertz CT molecular complexity index is 1440. The molecule has 0 spiro atoms. The zero-order chi connectivity index (χ0) is 33.2. The van der Waals surface area contributed by atoms with E-state index >= 15 is 4.39 Å². The number of benzene rings is 2. The van der Waals surface area contributed by atoms with Gasteiger partial charge in [-0.1, -0.05) is 39.3 Å². The van der Waals surface area contributed by atoms with Crippen molar-refractivity contribution in [1.82, 2.24) is 19.8 Å². The van der Waals surface area contributed by atoms with E-state index in [2.05, 4.69) is 45.9 Å². The number of amides is 1. The summed E-state index contributed by atoms with van der Waals surface area (Å²) in [5.74, 6) is 1.54. The predicted molar refractivity (Wildman–Crippen MR) is 182 cm³/mol. The molecule has 0 bridgehead atoms. The van der Waals surface area contributed by atoms with Crippen LogP contribution < -0.4 is 19.7 Å². The van der Waals surface area contributed by atoms with Crippen molar-refractivity contribution in [2.75, 3.05) is 63.2 Å². The lowest BCUT2D eigenvalue weighted by atomic mass is 9.81. The van der Waals surface area contributed by atoms with Crippen LogP contribution in [0, 0.1) is 17.7 Å². The van der Waals surface area contributed by atoms with Gasteiger partial charge in [-0.05, 0) is 73.5 Å². The fourth-order valence-corrected chi connectivity index (χ4v) is 6.48. The molecule has 1 N–H and O–H groups in total. The topological polar surface area (TPSA) is 92.3 Å². The SMILES string of the molecule is CCCN1CCN(CCOc2ccc(Nc3nccc(N(Cc4cccc(OC)c4)C(=O)OC4C(C)CCCC4C)n3)cc2F)CC1. The van der Waals surface area contributed by atoms with Crippen LogP contribution in [0.25, 0.3) is 0 Å². The average Bonchev–Trinajstić information content (AvgIpc) is 3.07. The molecule has 1 saturated heterocycles. The summed E-state index contributed by atoms with van der Waals surface area (Å²) in [7, 11) is 1.61. The lowest BCUT2D eigenvalue weighted by Crippen LogP contribution is -2.47. The maximum Gasteiger partial charge on any atom is 0.416 e. The highest BCUT2D eigenvalue weighted by molar-refractivity contribution is 5.86. The van der Waals surface area contributed by atoms with E-state index in [1.165, 1.54) is 17.4 Å². The number of hydrogen-bond acceptors (Lipinski definition) is 9. The van der Waals surface area contributed by atoms with Crippen molar-refractivity contribution in [3.63, 3.8) is 0 Å². The van der Waals surface area contributed by atoms with Crippen LogP contribution in [0.4, 0.5) is 26.6 Å². The van der Waals surface area contributed by atoms with Crippen molar-refractivity contribution in [3.8, 4) is 11.5 Å². The minimum Gasteiger partial charge on any atom is -0.497 e. The second-order valence-electron chi connectivity index (χ2n) is 12.7. The Kier molecular flexibility index (Phi) is 12.2. The number of carbonyl (C=O) groups excluding carboxylic acids is 1. The molecule has 11 heteroatoms. The van der Waals surface area contributed by atoms with Crippen molar-refractivity contribution >= 4 is 23.5 Å². The lowest BCUT2D eigenvalue weighted by Gasteiger charge is -2.35. The smallest absolute Gasteiger partial charge is 0.416 e. The van der Waals surface area contributed by atoms with Crippen LogP contribution in [0.2, 0.25) is 0 Å². The Morgan fingerprint density at radius 3 is 2.47 bits per heavy atom. The molecule has 47 heavy (non-hydrogen) atoms. The van der Waals surface area contributed by atoms with Gasteiger partial charge >= 0.3 is 6.09 Å². The van der Waals surface area contributed by atoms with Gasteiger partial charge in [0, 0.05) is 50.7 Å². The first-order chi connectivity index (χ1) is 22.8. The molecule has 3 aromatic rings. The number of nitrogens with one attached hydrogen (secondary N) is 1. The van der Waals surface area contributed by atoms with Gasteiger partial charge in [-0.15, -0.1) is 0 Å². The fraction of sp³-hybridized carbons (Fsp3) is 0.528. The Morgan fingerprint density at radius 2 is 1.77 bits per heavy atom. The average molecular weight is 649 g/mol. The van der Waals surface area contributed by atoms with E-state index in [0.29, 0.717) is 23.9 Å². The van der Waals surface area contributed by atoms with Crippen molar-refractivity contribution < 1.29 is 23.4 Å². The number of hydrogen-bond donors (Lipinski definition) is 1. The van der Waals surface area contributed by atoms with Gasteiger partial charge in [0.1, 0.15) is 24.3 Å².